The zero-order valence-corrected chi connectivity index (χ0v) is 74.0. The number of aryl methyl sites for hydroxylation is 3. The molecule has 0 saturated heterocycles. The Morgan fingerprint density at radius 2 is 0.705 bits per heavy atom. The Morgan fingerprint density at radius 1 is 0.379 bits per heavy atom. The fraction of sp³-hybridized carbons (Fsp3) is 0.312. The van der Waals surface area contributed by atoms with E-state index in [1.54, 1.807) is 45.0 Å². The second kappa shape index (κ2) is 40.4. The molecule has 5 aromatic heterocycles. The van der Waals surface area contributed by atoms with Gasteiger partial charge in [0, 0.05) is 158 Å². The van der Waals surface area contributed by atoms with E-state index in [1.165, 1.54) is 43.2 Å². The van der Waals surface area contributed by atoms with E-state index >= 15 is 0 Å². The summed E-state index contributed by atoms with van der Waals surface area (Å²) in [5.74, 6) is -2.03. The van der Waals surface area contributed by atoms with Crippen molar-refractivity contribution in [2.75, 3.05) is 0 Å². The molecule has 95 heavy (non-hydrogen) atoms. The van der Waals surface area contributed by atoms with Crippen LogP contribution >= 0.6 is 0 Å². The Bertz CT molecular complexity index is 4490. The van der Waals surface area contributed by atoms with Gasteiger partial charge in [0.25, 0.3) is 0 Å². The van der Waals surface area contributed by atoms with Crippen LogP contribution in [0.5, 0.6) is 0 Å². The van der Waals surface area contributed by atoms with E-state index in [9.17, 15) is 0 Å². The van der Waals surface area contributed by atoms with Crippen molar-refractivity contribution >= 4 is 66.3 Å². The van der Waals surface area contributed by atoms with Crippen molar-refractivity contribution in [3.05, 3.63) is 241 Å². The van der Waals surface area contributed by atoms with Gasteiger partial charge < -0.3 is 24.9 Å². The molecular formula is C80H100Ir5N5Si5-5. The fourth-order valence-electron chi connectivity index (χ4n) is 9.61. The summed E-state index contributed by atoms with van der Waals surface area (Å²) >= 11 is 0. The molecular weight excluding hydrogens is 2130 g/mol. The van der Waals surface area contributed by atoms with Crippen LogP contribution in [-0.4, -0.2) is 65.3 Å². The van der Waals surface area contributed by atoms with Gasteiger partial charge in [0.15, 0.2) is 0 Å². The maximum Gasteiger partial charge on any atom is 0.0799 e. The summed E-state index contributed by atoms with van der Waals surface area (Å²) in [6.45, 7) is 17.6. The fourth-order valence-corrected chi connectivity index (χ4v) is 15.5. The van der Waals surface area contributed by atoms with E-state index in [4.69, 9.17) is 26.0 Å². The van der Waals surface area contributed by atoms with Crippen LogP contribution in [0.3, 0.4) is 0 Å². The van der Waals surface area contributed by atoms with Crippen molar-refractivity contribution in [2.24, 2.45) is 5.89 Å². The molecule has 0 N–H and O–H groups in total. The summed E-state index contributed by atoms with van der Waals surface area (Å²) in [4.78, 5) is 22.4. The standard InChI is InChI=1S/C18H24NSi.C17H22NSi.3C15H18NSi.5Ir/c1-14(2)11-16-12-17(15-9-7-6-8-10-15)19-13-18(16)20(3,4)5;1-13(2)15-11-16(14-9-7-6-8-10-14)18-12-17(15)19(3,4)5;3*1-12-10-14(17(2,3)4)11-16-15(12)13-8-6-5-7-9-13;;;;;/h6-9,12-14H,11H2,1-5H3;6-9,11-13H,1-5H3;3*5-8,10-11H,1-4H3;;;;;/q5*-1;;;;;/i1D3,14D;1D3;2*2D3,3D3;;;;;;. The maximum atomic E-state index is 8.32. The van der Waals surface area contributed by atoms with Crippen LogP contribution in [0.4, 0.5) is 0 Å². The summed E-state index contributed by atoms with van der Waals surface area (Å²) in [5.41, 5.74) is 13.0. The molecule has 5 nitrogen and oxygen atoms in total. The second-order valence-electron chi connectivity index (χ2n) is 26.1. The topological polar surface area (TPSA) is 64.5 Å². The molecule has 5 heterocycles. The average molecular weight is 2250 g/mol. The Kier molecular flexibility index (Phi) is 26.0. The first kappa shape index (κ1) is 61.1. The van der Waals surface area contributed by atoms with E-state index in [0.717, 1.165) is 77.5 Å². The van der Waals surface area contributed by atoms with Gasteiger partial charge in [-0.15, -0.1) is 179 Å². The van der Waals surface area contributed by atoms with E-state index in [2.05, 4.69) is 133 Å². The van der Waals surface area contributed by atoms with Gasteiger partial charge in [-0.25, -0.2) is 0 Å². The molecule has 515 valence electrons. The molecule has 5 radical (unpaired) electrons. The van der Waals surface area contributed by atoms with Crippen LogP contribution in [0.15, 0.2) is 183 Å². The summed E-state index contributed by atoms with van der Waals surface area (Å²) in [6, 6.07) is 63.1. The number of rotatable bonds is 13. The smallest absolute Gasteiger partial charge is 0.0799 e. The molecule has 0 amide bonds. The minimum atomic E-state index is -3.76. The number of hydrogen-bond acceptors (Lipinski definition) is 5. The molecule has 0 aliphatic rings. The molecule has 0 aliphatic heterocycles. The monoisotopic (exact) mass is 2250 g/mol. The number of benzene rings is 5. The average Bonchev–Trinajstić information content (AvgIpc) is 0.745. The third-order valence-corrected chi connectivity index (χ3v) is 23.5. The molecule has 10 aromatic rings. The minimum Gasteiger partial charge on any atom is -0.305 e. The minimum absolute atomic E-state index is 0. The Labute approximate surface area is 673 Å². The van der Waals surface area contributed by atoms with Crippen molar-refractivity contribution < 1.29 is 127 Å². The Hall–Kier alpha value is -3.82. The summed E-state index contributed by atoms with van der Waals surface area (Å²) in [5, 5.41) is 4.31. The third-order valence-electron chi connectivity index (χ3n) is 14.6. The summed E-state index contributed by atoms with van der Waals surface area (Å²) in [6.07, 6.45) is 8.79. The third kappa shape index (κ3) is 27.7. The molecule has 2 atom stereocenters. The predicted molar refractivity (Wildman–Crippen MR) is 404 cm³/mol. The van der Waals surface area contributed by atoms with Crippen molar-refractivity contribution in [2.45, 2.75) is 159 Å². The number of pyridine rings is 5. The molecule has 5 aromatic carbocycles. The molecule has 0 fully saturated rings. The van der Waals surface area contributed by atoms with Gasteiger partial charge in [-0.05, 0) is 93.4 Å². The number of nitrogens with zero attached hydrogens (tertiary/aromatic N) is 5. The molecule has 0 bridgehead atoms. The van der Waals surface area contributed by atoms with Crippen LogP contribution in [0.1, 0.15) is 87.3 Å². The zero-order valence-electron chi connectivity index (χ0n) is 76.0. The largest absolute Gasteiger partial charge is 0.305 e. The molecule has 0 saturated carbocycles. The summed E-state index contributed by atoms with van der Waals surface area (Å²) in [7, 11) is -12.1. The molecule has 15 heteroatoms. The van der Waals surface area contributed by atoms with Crippen molar-refractivity contribution in [3.8, 4) is 56.3 Å². The maximum absolute atomic E-state index is 8.32. The molecule has 0 spiro atoms. The predicted octanol–water partition coefficient (Wildman–Crippen LogP) is 18.7. The summed E-state index contributed by atoms with van der Waals surface area (Å²) < 4.78 is 148. The van der Waals surface area contributed by atoms with E-state index in [0.29, 0.717) is 21.8 Å². The van der Waals surface area contributed by atoms with Crippen molar-refractivity contribution in [1.82, 2.24) is 24.9 Å². The van der Waals surface area contributed by atoms with Gasteiger partial charge in [-0.1, -0.05) is 184 Å². The zero-order chi connectivity index (χ0) is 82.1. The van der Waals surface area contributed by atoms with Gasteiger partial charge >= 0.3 is 0 Å². The van der Waals surface area contributed by atoms with Crippen LogP contribution in [-0.2, 0) is 107 Å². The van der Waals surface area contributed by atoms with Crippen molar-refractivity contribution in [3.63, 3.8) is 0 Å². The van der Waals surface area contributed by atoms with Gasteiger partial charge in [-0.3, -0.25) is 0 Å². The van der Waals surface area contributed by atoms with Gasteiger partial charge in [0.1, 0.15) is 0 Å². The van der Waals surface area contributed by atoms with Gasteiger partial charge in [-0.2, -0.15) is 0 Å². The number of aromatic nitrogens is 5. The molecule has 2 unspecified atom stereocenters. The van der Waals surface area contributed by atoms with E-state index < -0.39 is 91.8 Å². The Balaban J connectivity index is 0.000000707. The quantitative estimate of drug-likeness (QED) is 0.0850. The Morgan fingerprint density at radius 3 is 0.989 bits per heavy atom. The van der Waals surface area contributed by atoms with Crippen molar-refractivity contribution in [1.29, 1.82) is 0 Å². The SMILES string of the molecule is Cc1cc([Si](C)(C)C)cnc1-c1[c-]cccc1.[2H]C([2H])([2H])C(C)c1cc(-c2[c-]cccc2)ncc1[Si](C)(C)C.[2H]C([2H])([2H])C([2H])(C)Cc1cc(-c2[c-]cccc2)ncc1[Si](C)(C)C.[2H]C([2H])([2H])[Si](C)(c1cnc(-c2[c-]cccc2)c(C)c1)C([2H])([2H])[2H].[2H]C([2H])([2H])[Si](C)(c1cnc(-c2[c-]cccc2)c(C)c1)C([2H])([2H])[2H].[Ir].[Ir].[Ir].[Ir].[Ir]. The van der Waals surface area contributed by atoms with Crippen LogP contribution in [0.2, 0.25) is 97.9 Å². The normalized spacial score (nSPS) is 15.7. The van der Waals surface area contributed by atoms with Crippen LogP contribution in [0, 0.1) is 57.0 Å². The molecule has 0 aliphatic carbocycles. The molecule has 10 rings (SSSR count). The van der Waals surface area contributed by atoms with E-state index in [-0.39, 0.29) is 107 Å². The van der Waals surface area contributed by atoms with Gasteiger partial charge in [0.05, 0.1) is 40.4 Å². The first-order valence-corrected chi connectivity index (χ1v) is 45.7. The first-order valence-electron chi connectivity index (χ1n) is 39.7. The number of hydrogen-bond donors (Lipinski definition) is 0. The van der Waals surface area contributed by atoms with Crippen LogP contribution < -0.4 is 25.9 Å². The first-order chi connectivity index (χ1) is 50.0. The van der Waals surface area contributed by atoms with E-state index in [1.807, 2.05) is 134 Å². The van der Waals surface area contributed by atoms with Crippen LogP contribution in [0.25, 0.3) is 56.3 Å². The second-order valence-corrected chi connectivity index (χ2v) is 46.9. The van der Waals surface area contributed by atoms with Gasteiger partial charge in [0.2, 0.25) is 0 Å².